The number of anilines is 1. The molecule has 0 aliphatic rings. The predicted octanol–water partition coefficient (Wildman–Crippen LogP) is 0.913. The molecule has 1 aromatic heterocycles. The van der Waals surface area contributed by atoms with Gasteiger partial charge in [-0.05, 0) is 12.1 Å². The van der Waals surface area contributed by atoms with Gasteiger partial charge in [0.05, 0.1) is 11.4 Å². The lowest BCUT2D eigenvalue weighted by Crippen LogP contribution is -2.02. The van der Waals surface area contributed by atoms with Crippen molar-refractivity contribution in [3.63, 3.8) is 0 Å². The molecule has 0 radical (unpaired) electrons. The average molecular weight is 188 g/mol. The fourth-order valence-corrected chi connectivity index (χ4v) is 1.32. The van der Waals surface area contributed by atoms with Gasteiger partial charge in [0.15, 0.2) is 0 Å². The van der Waals surface area contributed by atoms with Gasteiger partial charge in [-0.1, -0.05) is 18.2 Å². The summed E-state index contributed by atoms with van der Waals surface area (Å²) in [7, 11) is 0. The second kappa shape index (κ2) is 3.51. The van der Waals surface area contributed by atoms with Gasteiger partial charge in [-0.2, -0.15) is 5.10 Å². The van der Waals surface area contributed by atoms with Crippen LogP contribution in [0.25, 0.3) is 5.69 Å². The summed E-state index contributed by atoms with van der Waals surface area (Å²) in [5.74, 6) is 0.608. The number of rotatable bonds is 2. The molecule has 2 rings (SSSR count). The van der Waals surface area contributed by atoms with E-state index < -0.39 is 0 Å². The van der Waals surface area contributed by atoms with Gasteiger partial charge in [-0.15, -0.1) is 0 Å². The number of nitrogens with two attached hydrogens (primary N) is 2. The van der Waals surface area contributed by atoms with Gasteiger partial charge in [-0.25, -0.2) is 4.68 Å². The molecule has 0 amide bonds. The summed E-state index contributed by atoms with van der Waals surface area (Å²) >= 11 is 0. The van der Waals surface area contributed by atoms with Crippen LogP contribution >= 0.6 is 0 Å². The zero-order chi connectivity index (χ0) is 9.97. The van der Waals surface area contributed by atoms with E-state index in [4.69, 9.17) is 11.5 Å². The summed E-state index contributed by atoms with van der Waals surface area (Å²) in [4.78, 5) is 0. The van der Waals surface area contributed by atoms with E-state index in [1.807, 2.05) is 30.3 Å². The minimum atomic E-state index is 0.407. The fourth-order valence-electron chi connectivity index (χ4n) is 1.32. The highest BCUT2D eigenvalue weighted by Crippen LogP contribution is 2.13. The Labute approximate surface area is 82.1 Å². The van der Waals surface area contributed by atoms with E-state index in [9.17, 15) is 0 Å². The second-order valence-electron chi connectivity index (χ2n) is 3.01. The second-order valence-corrected chi connectivity index (χ2v) is 3.01. The van der Waals surface area contributed by atoms with Crippen molar-refractivity contribution < 1.29 is 0 Å². The molecule has 0 saturated heterocycles. The highest BCUT2D eigenvalue weighted by molar-refractivity contribution is 5.42. The fraction of sp³-hybridized carbons (Fsp3) is 0.100. The number of benzene rings is 1. The first-order valence-corrected chi connectivity index (χ1v) is 4.41. The minimum Gasteiger partial charge on any atom is -0.384 e. The van der Waals surface area contributed by atoms with Crippen LogP contribution in [0.5, 0.6) is 0 Å². The van der Waals surface area contributed by atoms with Crippen molar-refractivity contribution in [1.82, 2.24) is 9.78 Å². The summed E-state index contributed by atoms with van der Waals surface area (Å²) in [6, 6.07) is 11.5. The summed E-state index contributed by atoms with van der Waals surface area (Å²) in [5.41, 5.74) is 13.0. The van der Waals surface area contributed by atoms with Crippen LogP contribution in [0.3, 0.4) is 0 Å². The quantitative estimate of drug-likeness (QED) is 0.736. The standard InChI is InChI=1S/C10H12N4/c11-7-8-6-10(12)14(13-8)9-4-2-1-3-5-9/h1-6H,7,11-12H2. The van der Waals surface area contributed by atoms with Gasteiger partial charge in [0.25, 0.3) is 0 Å². The van der Waals surface area contributed by atoms with E-state index in [1.165, 1.54) is 0 Å². The van der Waals surface area contributed by atoms with E-state index in [2.05, 4.69) is 5.10 Å². The minimum absolute atomic E-state index is 0.407. The van der Waals surface area contributed by atoms with E-state index in [1.54, 1.807) is 10.7 Å². The third kappa shape index (κ3) is 1.47. The molecule has 4 N–H and O–H groups in total. The van der Waals surface area contributed by atoms with E-state index >= 15 is 0 Å². The molecule has 14 heavy (non-hydrogen) atoms. The Kier molecular flexibility index (Phi) is 2.20. The molecule has 0 bridgehead atoms. The number of nitrogens with zero attached hydrogens (tertiary/aromatic N) is 2. The van der Waals surface area contributed by atoms with E-state index in [0.29, 0.717) is 12.4 Å². The normalized spacial score (nSPS) is 10.4. The topological polar surface area (TPSA) is 69.9 Å². The van der Waals surface area contributed by atoms with Crippen LogP contribution in [0.4, 0.5) is 5.82 Å². The van der Waals surface area contributed by atoms with Crippen molar-refractivity contribution in [1.29, 1.82) is 0 Å². The lowest BCUT2D eigenvalue weighted by molar-refractivity contribution is 0.840. The Bertz CT molecular complexity index is 419. The maximum atomic E-state index is 5.79. The summed E-state index contributed by atoms with van der Waals surface area (Å²) in [5, 5.41) is 4.27. The molecule has 0 aliphatic heterocycles. The molecule has 0 saturated carbocycles. The highest BCUT2D eigenvalue weighted by Gasteiger charge is 2.04. The van der Waals surface area contributed by atoms with Crippen LogP contribution in [0.15, 0.2) is 36.4 Å². The van der Waals surface area contributed by atoms with E-state index in [-0.39, 0.29) is 0 Å². The Morgan fingerprint density at radius 1 is 1.21 bits per heavy atom. The molecule has 1 aromatic carbocycles. The van der Waals surface area contributed by atoms with Crippen LogP contribution < -0.4 is 11.5 Å². The van der Waals surface area contributed by atoms with Crippen LogP contribution in [0.1, 0.15) is 5.69 Å². The Balaban J connectivity index is 2.46. The lowest BCUT2D eigenvalue weighted by Gasteiger charge is -2.02. The first kappa shape index (κ1) is 8.77. The smallest absolute Gasteiger partial charge is 0.127 e. The number of para-hydroxylation sites is 1. The average Bonchev–Trinajstić information content (AvgIpc) is 2.61. The van der Waals surface area contributed by atoms with Crippen molar-refractivity contribution in [3.8, 4) is 5.69 Å². The zero-order valence-electron chi connectivity index (χ0n) is 7.72. The van der Waals surface area contributed by atoms with Crippen molar-refractivity contribution in [2.45, 2.75) is 6.54 Å². The maximum Gasteiger partial charge on any atom is 0.127 e. The molecule has 1 heterocycles. The monoisotopic (exact) mass is 188 g/mol. The maximum absolute atomic E-state index is 5.79. The molecule has 0 aliphatic carbocycles. The van der Waals surface area contributed by atoms with Gasteiger partial charge >= 0.3 is 0 Å². The molecule has 4 nitrogen and oxygen atoms in total. The number of hydrogen-bond donors (Lipinski definition) is 2. The summed E-state index contributed by atoms with van der Waals surface area (Å²) in [6.45, 7) is 0.407. The van der Waals surface area contributed by atoms with Gasteiger partial charge in [0.1, 0.15) is 5.82 Å². The molecular formula is C10H12N4. The Morgan fingerprint density at radius 2 is 1.93 bits per heavy atom. The molecule has 0 atom stereocenters. The number of aromatic nitrogens is 2. The van der Waals surface area contributed by atoms with Crippen LogP contribution in [-0.4, -0.2) is 9.78 Å². The predicted molar refractivity (Wildman–Crippen MR) is 55.9 cm³/mol. The number of nitrogen functional groups attached to an aromatic ring is 1. The van der Waals surface area contributed by atoms with E-state index in [0.717, 1.165) is 11.4 Å². The lowest BCUT2D eigenvalue weighted by atomic mass is 10.3. The Hall–Kier alpha value is -1.81. The molecule has 2 aromatic rings. The van der Waals surface area contributed by atoms with Crippen molar-refractivity contribution >= 4 is 5.82 Å². The van der Waals surface area contributed by atoms with Crippen LogP contribution in [0.2, 0.25) is 0 Å². The van der Waals surface area contributed by atoms with Gasteiger partial charge < -0.3 is 11.5 Å². The SMILES string of the molecule is NCc1cc(N)n(-c2ccccc2)n1. The van der Waals surface area contributed by atoms with Crippen LogP contribution in [0, 0.1) is 0 Å². The molecule has 4 heteroatoms. The Morgan fingerprint density at radius 3 is 2.50 bits per heavy atom. The van der Waals surface area contributed by atoms with Crippen molar-refractivity contribution in [2.24, 2.45) is 5.73 Å². The van der Waals surface area contributed by atoms with Crippen LogP contribution in [-0.2, 0) is 6.54 Å². The number of hydrogen-bond acceptors (Lipinski definition) is 3. The first-order valence-electron chi connectivity index (χ1n) is 4.41. The molecule has 0 spiro atoms. The zero-order valence-corrected chi connectivity index (χ0v) is 7.72. The molecule has 72 valence electrons. The van der Waals surface area contributed by atoms with Gasteiger partial charge in [0, 0.05) is 12.6 Å². The first-order chi connectivity index (χ1) is 6.81. The van der Waals surface area contributed by atoms with Crippen molar-refractivity contribution in [2.75, 3.05) is 5.73 Å². The van der Waals surface area contributed by atoms with Crippen molar-refractivity contribution in [3.05, 3.63) is 42.1 Å². The summed E-state index contributed by atoms with van der Waals surface area (Å²) in [6.07, 6.45) is 0. The molecular weight excluding hydrogens is 176 g/mol. The largest absolute Gasteiger partial charge is 0.384 e. The molecule has 0 fully saturated rings. The molecule has 0 unspecified atom stereocenters. The van der Waals surface area contributed by atoms with Gasteiger partial charge in [0.2, 0.25) is 0 Å². The van der Waals surface area contributed by atoms with Gasteiger partial charge in [-0.3, -0.25) is 0 Å². The third-order valence-corrected chi connectivity index (χ3v) is 2.00. The summed E-state index contributed by atoms with van der Waals surface area (Å²) < 4.78 is 1.68. The third-order valence-electron chi connectivity index (χ3n) is 2.00. The highest BCUT2D eigenvalue weighted by atomic mass is 15.3.